The van der Waals surface area contributed by atoms with E-state index >= 15 is 0 Å². The molecule has 0 rings (SSSR count). The van der Waals surface area contributed by atoms with Crippen molar-refractivity contribution in [3.05, 3.63) is 0 Å². The lowest BCUT2D eigenvalue weighted by Gasteiger charge is -2.16. The second kappa shape index (κ2) is 3.02. The Kier molecular flexibility index (Phi) is 2.97. The van der Waals surface area contributed by atoms with Crippen LogP contribution in [-0.4, -0.2) is 23.9 Å². The van der Waals surface area contributed by atoms with Crippen molar-refractivity contribution in [1.82, 2.24) is 5.32 Å². The highest BCUT2D eigenvalue weighted by Gasteiger charge is 2.09. The fourth-order valence-electron chi connectivity index (χ4n) is 0.378. The van der Waals surface area contributed by atoms with E-state index < -0.39 is 5.60 Å². The van der Waals surface area contributed by atoms with Crippen LogP contribution in [0.15, 0.2) is 0 Å². The molecule has 4 N–H and O–H groups in total. The van der Waals surface area contributed by atoms with Gasteiger partial charge in [0.2, 0.25) is 0 Å². The van der Waals surface area contributed by atoms with E-state index in [0.29, 0.717) is 13.2 Å². The van der Waals surface area contributed by atoms with E-state index in [1.165, 1.54) is 0 Å². The van der Waals surface area contributed by atoms with Gasteiger partial charge in [0.05, 0.1) is 5.60 Å². The normalized spacial score (nSPS) is 12.0. The summed E-state index contributed by atoms with van der Waals surface area (Å²) in [7, 11) is 0. The molecule has 50 valence electrons. The van der Waals surface area contributed by atoms with Crippen LogP contribution in [0.3, 0.4) is 0 Å². The van der Waals surface area contributed by atoms with Gasteiger partial charge in [-0.15, -0.1) is 0 Å². The third-order valence-electron chi connectivity index (χ3n) is 0.702. The maximum atomic E-state index is 9.03. The Bertz CT molecular complexity index is 57.9. The van der Waals surface area contributed by atoms with E-state index in [4.69, 9.17) is 10.8 Å². The van der Waals surface area contributed by atoms with Crippen LogP contribution in [0.5, 0.6) is 0 Å². The minimum atomic E-state index is -0.640. The Labute approximate surface area is 49.9 Å². The standard InChI is InChI=1S/C5H14N2O/c1-5(2,8)3-7-4-6/h7-8H,3-4,6H2,1-2H3. The van der Waals surface area contributed by atoms with Gasteiger partial charge in [-0.25, -0.2) is 0 Å². The molecular formula is C5H14N2O. The molecule has 0 heterocycles. The van der Waals surface area contributed by atoms with Crippen LogP contribution in [0.4, 0.5) is 0 Å². The van der Waals surface area contributed by atoms with Crippen molar-refractivity contribution >= 4 is 0 Å². The highest BCUT2D eigenvalue weighted by molar-refractivity contribution is 4.66. The molecule has 0 spiro atoms. The second-order valence-corrected chi connectivity index (χ2v) is 2.44. The maximum absolute atomic E-state index is 9.03. The fraction of sp³-hybridized carbons (Fsp3) is 1.00. The van der Waals surface area contributed by atoms with Crippen molar-refractivity contribution < 1.29 is 5.11 Å². The fourth-order valence-corrected chi connectivity index (χ4v) is 0.378. The van der Waals surface area contributed by atoms with Crippen LogP contribution in [-0.2, 0) is 0 Å². The van der Waals surface area contributed by atoms with Crippen molar-refractivity contribution in [2.75, 3.05) is 13.2 Å². The van der Waals surface area contributed by atoms with Crippen molar-refractivity contribution in [1.29, 1.82) is 0 Å². The van der Waals surface area contributed by atoms with E-state index in [1.807, 2.05) is 0 Å². The highest BCUT2D eigenvalue weighted by Crippen LogP contribution is 1.95. The number of nitrogens with one attached hydrogen (secondary N) is 1. The Balaban J connectivity index is 3.11. The number of hydrogen-bond donors (Lipinski definition) is 3. The second-order valence-electron chi connectivity index (χ2n) is 2.44. The Morgan fingerprint density at radius 1 is 1.62 bits per heavy atom. The summed E-state index contributed by atoms with van der Waals surface area (Å²) in [5.74, 6) is 0. The number of hydrogen-bond acceptors (Lipinski definition) is 3. The van der Waals surface area contributed by atoms with Crippen LogP contribution in [0, 0.1) is 0 Å². The van der Waals surface area contributed by atoms with E-state index in [2.05, 4.69) is 5.32 Å². The maximum Gasteiger partial charge on any atom is 0.0716 e. The van der Waals surface area contributed by atoms with Gasteiger partial charge in [0, 0.05) is 13.2 Å². The lowest BCUT2D eigenvalue weighted by Crippen LogP contribution is -2.37. The summed E-state index contributed by atoms with van der Waals surface area (Å²) in [5, 5.41) is 11.8. The predicted molar refractivity (Wildman–Crippen MR) is 33.4 cm³/mol. The minimum absolute atomic E-state index is 0.421. The largest absolute Gasteiger partial charge is 0.389 e. The van der Waals surface area contributed by atoms with Crippen LogP contribution >= 0.6 is 0 Å². The van der Waals surface area contributed by atoms with E-state index in [0.717, 1.165) is 0 Å². The molecule has 3 heteroatoms. The molecule has 0 aromatic heterocycles. The van der Waals surface area contributed by atoms with Crippen molar-refractivity contribution in [2.24, 2.45) is 5.73 Å². The van der Waals surface area contributed by atoms with E-state index in [9.17, 15) is 0 Å². The predicted octanol–water partition coefficient (Wildman–Crippen LogP) is -0.737. The molecular weight excluding hydrogens is 104 g/mol. The van der Waals surface area contributed by atoms with Gasteiger partial charge >= 0.3 is 0 Å². The number of aliphatic hydroxyl groups is 1. The molecule has 0 radical (unpaired) electrons. The van der Waals surface area contributed by atoms with Crippen molar-refractivity contribution in [2.45, 2.75) is 19.4 Å². The molecule has 0 unspecified atom stereocenters. The molecule has 0 amide bonds. The number of rotatable bonds is 3. The van der Waals surface area contributed by atoms with Crippen LogP contribution in [0.2, 0.25) is 0 Å². The van der Waals surface area contributed by atoms with Gasteiger partial charge in [-0.3, -0.25) is 0 Å². The summed E-state index contributed by atoms with van der Waals surface area (Å²) in [6.07, 6.45) is 0. The van der Waals surface area contributed by atoms with Crippen LogP contribution in [0.1, 0.15) is 13.8 Å². The molecule has 0 saturated heterocycles. The minimum Gasteiger partial charge on any atom is -0.389 e. The molecule has 0 atom stereocenters. The summed E-state index contributed by atoms with van der Waals surface area (Å²) in [6.45, 7) is 4.43. The Morgan fingerprint density at radius 3 is 2.25 bits per heavy atom. The highest BCUT2D eigenvalue weighted by atomic mass is 16.3. The first-order valence-electron chi connectivity index (χ1n) is 2.69. The third kappa shape index (κ3) is 5.88. The molecule has 0 aromatic rings. The van der Waals surface area contributed by atoms with Gasteiger partial charge in [-0.1, -0.05) is 0 Å². The molecule has 8 heavy (non-hydrogen) atoms. The van der Waals surface area contributed by atoms with Crippen molar-refractivity contribution in [3.63, 3.8) is 0 Å². The average molecular weight is 118 g/mol. The zero-order chi connectivity index (χ0) is 6.62. The molecule has 0 aliphatic carbocycles. The summed E-state index contributed by atoms with van der Waals surface area (Å²) in [5.41, 5.74) is 4.47. The molecule has 0 aliphatic heterocycles. The first-order valence-corrected chi connectivity index (χ1v) is 2.69. The molecule has 0 aromatic carbocycles. The van der Waals surface area contributed by atoms with E-state index in [1.54, 1.807) is 13.8 Å². The summed E-state index contributed by atoms with van der Waals surface area (Å²) >= 11 is 0. The topological polar surface area (TPSA) is 58.3 Å². The third-order valence-corrected chi connectivity index (χ3v) is 0.702. The summed E-state index contributed by atoms with van der Waals surface area (Å²) in [4.78, 5) is 0. The lowest BCUT2D eigenvalue weighted by molar-refractivity contribution is 0.0802. The van der Waals surface area contributed by atoms with Gasteiger partial charge in [0.15, 0.2) is 0 Å². The van der Waals surface area contributed by atoms with Gasteiger partial charge in [0.25, 0.3) is 0 Å². The molecule has 0 fully saturated rings. The lowest BCUT2D eigenvalue weighted by atomic mass is 10.1. The number of nitrogens with two attached hydrogens (primary N) is 1. The smallest absolute Gasteiger partial charge is 0.0716 e. The first kappa shape index (κ1) is 7.88. The first-order chi connectivity index (χ1) is 3.56. The Morgan fingerprint density at radius 2 is 2.12 bits per heavy atom. The molecule has 0 bridgehead atoms. The van der Waals surface area contributed by atoms with Gasteiger partial charge < -0.3 is 16.2 Å². The quantitative estimate of drug-likeness (QED) is 0.428. The monoisotopic (exact) mass is 118 g/mol. The van der Waals surface area contributed by atoms with Gasteiger partial charge in [-0.2, -0.15) is 0 Å². The summed E-state index contributed by atoms with van der Waals surface area (Å²) in [6, 6.07) is 0. The van der Waals surface area contributed by atoms with Crippen LogP contribution < -0.4 is 11.1 Å². The van der Waals surface area contributed by atoms with Crippen LogP contribution in [0.25, 0.3) is 0 Å². The SMILES string of the molecule is CC(C)(O)CNCN. The average Bonchev–Trinajstić information content (AvgIpc) is 1.59. The van der Waals surface area contributed by atoms with Gasteiger partial charge in [0.1, 0.15) is 0 Å². The molecule has 3 nitrogen and oxygen atoms in total. The Hall–Kier alpha value is -0.120. The van der Waals surface area contributed by atoms with E-state index in [-0.39, 0.29) is 0 Å². The molecule has 0 aliphatic rings. The van der Waals surface area contributed by atoms with Crippen molar-refractivity contribution in [3.8, 4) is 0 Å². The zero-order valence-electron chi connectivity index (χ0n) is 5.44. The summed E-state index contributed by atoms with van der Waals surface area (Å²) < 4.78 is 0. The zero-order valence-corrected chi connectivity index (χ0v) is 5.44. The van der Waals surface area contributed by atoms with Gasteiger partial charge in [-0.05, 0) is 13.8 Å². The molecule has 0 saturated carbocycles.